The van der Waals surface area contributed by atoms with E-state index < -0.39 is 9.84 Å². The van der Waals surface area contributed by atoms with E-state index in [0.29, 0.717) is 16.7 Å². The molecule has 2 fully saturated rings. The Kier molecular flexibility index (Phi) is 4.71. The summed E-state index contributed by atoms with van der Waals surface area (Å²) in [5.41, 5.74) is 0.859. The van der Waals surface area contributed by atoms with Gasteiger partial charge in [0, 0.05) is 16.8 Å². The molecule has 0 radical (unpaired) electrons. The van der Waals surface area contributed by atoms with Gasteiger partial charge in [-0.05, 0) is 24.6 Å². The van der Waals surface area contributed by atoms with Gasteiger partial charge in [0.15, 0.2) is 15.0 Å². The lowest BCUT2D eigenvalue weighted by Gasteiger charge is -2.22. The van der Waals surface area contributed by atoms with Crippen molar-refractivity contribution < 1.29 is 13.2 Å². The number of carbonyl (C=O) groups excluding carboxylic acids is 1. The second-order valence-electron chi connectivity index (χ2n) is 5.68. The van der Waals surface area contributed by atoms with E-state index in [4.69, 9.17) is 11.6 Å². The molecular weight excluding hydrogens is 356 g/mol. The molecule has 2 saturated heterocycles. The van der Waals surface area contributed by atoms with E-state index in [2.05, 4.69) is 4.99 Å². The number of aliphatic imine (C=N–C) groups is 1. The lowest BCUT2D eigenvalue weighted by atomic mass is 10.1. The Morgan fingerprint density at radius 3 is 2.70 bits per heavy atom. The van der Waals surface area contributed by atoms with Crippen LogP contribution in [-0.2, 0) is 21.1 Å². The van der Waals surface area contributed by atoms with E-state index in [1.165, 1.54) is 11.8 Å². The molecule has 8 heteroatoms. The molecule has 0 N–H and O–H groups in total. The van der Waals surface area contributed by atoms with Crippen LogP contribution in [0.2, 0.25) is 5.02 Å². The van der Waals surface area contributed by atoms with E-state index in [9.17, 15) is 13.2 Å². The molecule has 2 aliphatic rings. The summed E-state index contributed by atoms with van der Waals surface area (Å²) in [4.78, 5) is 18.3. The zero-order valence-electron chi connectivity index (χ0n) is 12.6. The minimum absolute atomic E-state index is 0.0120. The normalized spacial score (nSPS) is 27.4. The first-order valence-electron chi connectivity index (χ1n) is 7.37. The summed E-state index contributed by atoms with van der Waals surface area (Å²) in [7, 11) is -2.97. The molecule has 2 atom stereocenters. The van der Waals surface area contributed by atoms with Crippen LogP contribution in [0, 0.1) is 0 Å². The van der Waals surface area contributed by atoms with E-state index in [1.807, 2.05) is 11.8 Å². The van der Waals surface area contributed by atoms with Gasteiger partial charge in [0.2, 0.25) is 0 Å². The number of fused-ring (bicyclic) bond motifs is 1. The van der Waals surface area contributed by atoms with E-state index in [0.717, 1.165) is 5.56 Å². The summed E-state index contributed by atoms with van der Waals surface area (Å²) in [5.74, 6) is 0.0997. The van der Waals surface area contributed by atoms with Gasteiger partial charge in [-0.2, -0.15) is 4.99 Å². The van der Waals surface area contributed by atoms with Crippen LogP contribution in [0.5, 0.6) is 0 Å². The number of sulfone groups is 1. The molecule has 0 aliphatic carbocycles. The van der Waals surface area contributed by atoms with Crippen molar-refractivity contribution in [1.29, 1.82) is 0 Å². The molecule has 0 unspecified atom stereocenters. The summed E-state index contributed by atoms with van der Waals surface area (Å²) >= 11 is 7.24. The largest absolute Gasteiger partial charge is 0.346 e. The Balaban J connectivity index is 1.72. The van der Waals surface area contributed by atoms with Crippen molar-refractivity contribution in [3.05, 3.63) is 34.9 Å². The van der Waals surface area contributed by atoms with Crippen LogP contribution in [-0.4, -0.2) is 53.7 Å². The molecule has 0 spiro atoms. The summed E-state index contributed by atoms with van der Waals surface area (Å²) in [5, 5.41) is 1.27. The molecule has 0 bridgehead atoms. The van der Waals surface area contributed by atoms with Crippen molar-refractivity contribution in [2.24, 2.45) is 4.99 Å². The monoisotopic (exact) mass is 372 g/mol. The Bertz CT molecular complexity index is 746. The highest BCUT2D eigenvalue weighted by Gasteiger charge is 2.48. The Morgan fingerprint density at radius 2 is 2.04 bits per heavy atom. The van der Waals surface area contributed by atoms with Crippen molar-refractivity contribution in [3.63, 3.8) is 0 Å². The Labute approximate surface area is 145 Å². The fourth-order valence-corrected chi connectivity index (χ4v) is 7.09. The number of hydrogen-bond acceptors (Lipinski definition) is 4. The maximum Gasteiger partial charge on any atom is 0.252 e. The van der Waals surface area contributed by atoms with Gasteiger partial charge in [0.1, 0.15) is 0 Å². The highest BCUT2D eigenvalue weighted by atomic mass is 35.5. The standard InChI is InChI=1S/C15H17ClN2O3S2/c1-2-18-12-8-23(20,21)9-13(12)22-15(18)17-14(19)7-10-3-5-11(16)6-4-10/h3-6,12-13H,2,7-9H2,1H3/t12-,13+/m1/s1. The first-order valence-corrected chi connectivity index (χ1v) is 10.5. The van der Waals surface area contributed by atoms with Gasteiger partial charge in [0.25, 0.3) is 5.91 Å². The zero-order valence-corrected chi connectivity index (χ0v) is 15.0. The molecule has 23 heavy (non-hydrogen) atoms. The van der Waals surface area contributed by atoms with Gasteiger partial charge in [-0.25, -0.2) is 8.42 Å². The third-order valence-corrected chi connectivity index (χ3v) is 7.50. The molecule has 3 rings (SSSR count). The number of amidine groups is 1. The maximum absolute atomic E-state index is 12.2. The Morgan fingerprint density at radius 1 is 1.35 bits per heavy atom. The Hall–Kier alpha value is -1.05. The summed E-state index contributed by atoms with van der Waals surface area (Å²) < 4.78 is 23.5. The number of halogens is 1. The number of hydrogen-bond donors (Lipinski definition) is 0. The summed E-state index contributed by atoms with van der Waals surface area (Å²) in [6.45, 7) is 2.60. The lowest BCUT2D eigenvalue weighted by Crippen LogP contribution is -2.37. The maximum atomic E-state index is 12.2. The second kappa shape index (κ2) is 6.45. The van der Waals surface area contributed by atoms with Crippen LogP contribution >= 0.6 is 23.4 Å². The number of carbonyl (C=O) groups is 1. The third kappa shape index (κ3) is 3.72. The molecule has 2 heterocycles. The molecule has 0 saturated carbocycles. The minimum Gasteiger partial charge on any atom is -0.346 e. The van der Waals surface area contributed by atoms with E-state index >= 15 is 0 Å². The van der Waals surface area contributed by atoms with Crippen molar-refractivity contribution in [3.8, 4) is 0 Å². The highest BCUT2D eigenvalue weighted by Crippen LogP contribution is 2.37. The average molecular weight is 373 g/mol. The SMILES string of the molecule is CCN1C(=NC(=O)Cc2ccc(Cl)cc2)S[C@H]2CS(=O)(=O)C[C@H]21. The number of thioether (sulfide) groups is 1. The van der Waals surface area contributed by atoms with Crippen molar-refractivity contribution in [2.75, 3.05) is 18.1 Å². The second-order valence-corrected chi connectivity index (χ2v) is 9.47. The molecule has 1 aromatic rings. The van der Waals surface area contributed by atoms with Gasteiger partial charge < -0.3 is 4.90 Å². The van der Waals surface area contributed by atoms with Crippen LogP contribution in [0.3, 0.4) is 0 Å². The predicted molar refractivity (Wildman–Crippen MR) is 93.8 cm³/mol. The van der Waals surface area contributed by atoms with E-state index in [1.54, 1.807) is 24.3 Å². The van der Waals surface area contributed by atoms with Crippen LogP contribution < -0.4 is 0 Å². The average Bonchev–Trinajstić information content (AvgIpc) is 2.92. The van der Waals surface area contributed by atoms with E-state index in [-0.39, 0.29) is 35.1 Å². The number of nitrogens with zero attached hydrogens (tertiary/aromatic N) is 2. The fourth-order valence-electron chi connectivity index (χ4n) is 2.93. The van der Waals surface area contributed by atoms with Gasteiger partial charge in [-0.1, -0.05) is 35.5 Å². The quantitative estimate of drug-likeness (QED) is 0.811. The van der Waals surface area contributed by atoms with Crippen LogP contribution in [0.1, 0.15) is 12.5 Å². The van der Waals surface area contributed by atoms with Crippen LogP contribution in [0.15, 0.2) is 29.3 Å². The van der Waals surface area contributed by atoms with Crippen molar-refractivity contribution in [1.82, 2.24) is 4.90 Å². The van der Waals surface area contributed by atoms with Gasteiger partial charge in [-0.15, -0.1) is 0 Å². The molecule has 5 nitrogen and oxygen atoms in total. The molecule has 2 aliphatic heterocycles. The van der Waals surface area contributed by atoms with Gasteiger partial charge in [0.05, 0.1) is 24.0 Å². The van der Waals surface area contributed by atoms with Crippen molar-refractivity contribution in [2.45, 2.75) is 24.6 Å². The van der Waals surface area contributed by atoms with Crippen LogP contribution in [0.4, 0.5) is 0 Å². The molecule has 1 aromatic carbocycles. The third-order valence-electron chi connectivity index (χ3n) is 4.00. The summed E-state index contributed by atoms with van der Waals surface area (Å²) in [6.07, 6.45) is 0.215. The smallest absolute Gasteiger partial charge is 0.252 e. The molecule has 1 amide bonds. The zero-order chi connectivity index (χ0) is 16.6. The van der Waals surface area contributed by atoms with Gasteiger partial charge >= 0.3 is 0 Å². The number of amides is 1. The molecular formula is C15H17ClN2O3S2. The topological polar surface area (TPSA) is 66.8 Å². The fraction of sp³-hybridized carbons (Fsp3) is 0.467. The summed E-state index contributed by atoms with van der Waals surface area (Å²) in [6, 6.07) is 7.05. The minimum atomic E-state index is -2.97. The van der Waals surface area contributed by atoms with Crippen LogP contribution in [0.25, 0.3) is 0 Å². The first-order chi connectivity index (χ1) is 10.9. The predicted octanol–water partition coefficient (Wildman–Crippen LogP) is 2.00. The molecule has 0 aromatic heterocycles. The van der Waals surface area contributed by atoms with Crippen molar-refractivity contribution >= 4 is 44.3 Å². The highest BCUT2D eigenvalue weighted by molar-refractivity contribution is 8.15. The lowest BCUT2D eigenvalue weighted by molar-refractivity contribution is -0.117. The number of rotatable bonds is 3. The first kappa shape index (κ1) is 16.8. The molecule has 124 valence electrons. The number of benzene rings is 1. The van der Waals surface area contributed by atoms with Gasteiger partial charge in [-0.3, -0.25) is 4.79 Å².